The van der Waals surface area contributed by atoms with Crippen molar-refractivity contribution in [2.24, 2.45) is 5.92 Å². The molecule has 4 heterocycles. The molecule has 0 unspecified atom stereocenters. The molecule has 1 N–H and O–H groups in total. The van der Waals surface area contributed by atoms with E-state index in [0.29, 0.717) is 17.9 Å². The van der Waals surface area contributed by atoms with Crippen molar-refractivity contribution in [1.29, 1.82) is 0 Å². The van der Waals surface area contributed by atoms with Gasteiger partial charge in [-0.25, -0.2) is 0 Å². The molecule has 3 saturated heterocycles. The molecule has 1 amide bonds. The molecule has 0 aromatic heterocycles. The largest absolute Gasteiger partial charge is 0.400 e. The van der Waals surface area contributed by atoms with Crippen LogP contribution in [0.2, 0.25) is 0 Å². The molecule has 4 nitrogen and oxygen atoms in total. The Morgan fingerprint density at radius 2 is 1.88 bits per heavy atom. The number of carbonyl (C=O) groups is 1. The lowest BCUT2D eigenvalue weighted by Crippen LogP contribution is -2.60. The third-order valence-corrected chi connectivity index (χ3v) is 6.53. The molecule has 5 aliphatic rings. The minimum absolute atomic E-state index is 0.314. The second kappa shape index (κ2) is 6.49. The zero-order valence-electron chi connectivity index (χ0n) is 14.6. The van der Waals surface area contributed by atoms with Crippen LogP contribution in [0.1, 0.15) is 53.1 Å². The molecule has 24 heavy (non-hydrogen) atoms. The summed E-state index contributed by atoms with van der Waals surface area (Å²) >= 11 is 0. The van der Waals surface area contributed by atoms with Gasteiger partial charge in [-0.15, -0.1) is 0 Å². The fourth-order valence-corrected chi connectivity index (χ4v) is 5.41. The summed E-state index contributed by atoms with van der Waals surface area (Å²) in [5, 5.41) is 7.00. The monoisotopic (exact) mass is 328 g/mol. The molecule has 1 aromatic rings. The summed E-state index contributed by atoms with van der Waals surface area (Å²) in [7, 11) is 1.00. The highest BCUT2D eigenvalue weighted by Gasteiger charge is 2.43. The summed E-state index contributed by atoms with van der Waals surface area (Å²) in [4.78, 5) is 18.0. The highest BCUT2D eigenvalue weighted by Crippen LogP contribution is 2.41. The van der Waals surface area contributed by atoms with Crippen LogP contribution in [0.5, 0.6) is 0 Å². The number of rotatable bonds is 1. The van der Waals surface area contributed by atoms with Crippen molar-refractivity contribution in [3.05, 3.63) is 34.9 Å². The van der Waals surface area contributed by atoms with Crippen LogP contribution in [0.15, 0.2) is 18.2 Å². The van der Waals surface area contributed by atoms with Crippen LogP contribution in [0.4, 0.5) is 0 Å². The summed E-state index contributed by atoms with van der Waals surface area (Å²) in [5.74, 6) is 1.64. The number of aliphatic hydroxyl groups is 1. The first kappa shape index (κ1) is 16.1. The third-order valence-electron chi connectivity index (χ3n) is 6.53. The first-order chi connectivity index (χ1) is 11.8. The van der Waals surface area contributed by atoms with Crippen molar-refractivity contribution in [3.8, 4) is 0 Å². The van der Waals surface area contributed by atoms with Crippen molar-refractivity contribution in [2.45, 2.75) is 44.1 Å². The van der Waals surface area contributed by atoms with Gasteiger partial charge in [0, 0.05) is 37.7 Å². The van der Waals surface area contributed by atoms with Gasteiger partial charge in [0.25, 0.3) is 5.91 Å². The van der Waals surface area contributed by atoms with Crippen LogP contribution in [0, 0.1) is 5.92 Å². The lowest BCUT2D eigenvalue weighted by atomic mass is 9.75. The summed E-state index contributed by atoms with van der Waals surface area (Å²) in [6, 6.07) is 6.87. The van der Waals surface area contributed by atoms with Gasteiger partial charge in [-0.2, -0.15) is 0 Å². The minimum atomic E-state index is 0.314. The number of aliphatic hydroxyl groups excluding tert-OH is 1. The summed E-state index contributed by atoms with van der Waals surface area (Å²) < 4.78 is 0. The van der Waals surface area contributed by atoms with Crippen molar-refractivity contribution >= 4 is 5.91 Å². The van der Waals surface area contributed by atoms with Gasteiger partial charge in [0.2, 0.25) is 0 Å². The summed E-state index contributed by atoms with van der Waals surface area (Å²) in [6.07, 6.45) is 6.27. The molecule has 4 heteroatoms. The van der Waals surface area contributed by atoms with Crippen molar-refractivity contribution < 1.29 is 9.90 Å². The molecule has 130 valence electrons. The number of aryl methyl sites for hydroxylation is 1. The predicted octanol–water partition coefficient (Wildman–Crippen LogP) is 2.27. The number of benzene rings is 1. The van der Waals surface area contributed by atoms with E-state index < -0.39 is 0 Å². The summed E-state index contributed by atoms with van der Waals surface area (Å²) in [6.45, 7) is 4.57. The van der Waals surface area contributed by atoms with E-state index in [1.165, 1.54) is 49.9 Å². The summed E-state index contributed by atoms with van der Waals surface area (Å²) in [5.41, 5.74) is 3.86. The Hall–Kier alpha value is -1.39. The number of fused-ring (bicyclic) bond motifs is 3. The predicted molar refractivity (Wildman–Crippen MR) is 94.3 cm³/mol. The van der Waals surface area contributed by atoms with Crippen LogP contribution >= 0.6 is 0 Å². The lowest BCUT2D eigenvalue weighted by Gasteiger charge is -2.51. The van der Waals surface area contributed by atoms with Gasteiger partial charge in [-0.1, -0.05) is 12.1 Å². The standard InChI is InChI=1S/C19H24N2O.CH4O/c22-19-16-6-2-4-14-3-1-5-15(18(14)16)11-21(19)17-12-20-9-7-13(17)8-10-20;1-2/h2,4,6,13,15,17H,1,3,5,7-12H2;2H,1H3/t15-,17-;/m1./s1. The van der Waals surface area contributed by atoms with Gasteiger partial charge < -0.3 is 14.9 Å². The van der Waals surface area contributed by atoms with E-state index in [9.17, 15) is 4.79 Å². The molecule has 1 aliphatic carbocycles. The van der Waals surface area contributed by atoms with E-state index in [2.05, 4.69) is 28.0 Å². The number of hydrogen-bond donors (Lipinski definition) is 1. The lowest BCUT2D eigenvalue weighted by molar-refractivity contribution is 0.00258. The normalized spacial score (nSPS) is 33.6. The minimum Gasteiger partial charge on any atom is -0.400 e. The topological polar surface area (TPSA) is 43.8 Å². The van der Waals surface area contributed by atoms with Gasteiger partial charge >= 0.3 is 0 Å². The number of piperidine rings is 3. The van der Waals surface area contributed by atoms with E-state index in [4.69, 9.17) is 5.11 Å². The fraction of sp³-hybridized carbons (Fsp3) is 0.650. The molecule has 3 fully saturated rings. The van der Waals surface area contributed by atoms with Gasteiger partial charge in [0.15, 0.2) is 0 Å². The first-order valence-corrected chi connectivity index (χ1v) is 9.41. The average Bonchev–Trinajstić information content (AvgIpc) is 2.67. The van der Waals surface area contributed by atoms with Gasteiger partial charge in [0.1, 0.15) is 0 Å². The Kier molecular flexibility index (Phi) is 4.35. The molecule has 4 aliphatic heterocycles. The van der Waals surface area contributed by atoms with Crippen LogP contribution in [-0.4, -0.2) is 60.1 Å². The van der Waals surface area contributed by atoms with Crippen LogP contribution < -0.4 is 0 Å². The van der Waals surface area contributed by atoms with E-state index >= 15 is 0 Å². The number of nitrogens with zero attached hydrogens (tertiary/aromatic N) is 2. The maximum Gasteiger partial charge on any atom is 0.254 e. The van der Waals surface area contributed by atoms with Gasteiger partial charge in [-0.05, 0) is 68.3 Å². The second-order valence-electron chi connectivity index (χ2n) is 7.63. The molecule has 0 radical (unpaired) electrons. The van der Waals surface area contributed by atoms with E-state index in [1.807, 2.05) is 0 Å². The Labute approximate surface area is 144 Å². The molecule has 2 bridgehead atoms. The van der Waals surface area contributed by atoms with Crippen molar-refractivity contribution in [3.63, 3.8) is 0 Å². The molecule has 0 spiro atoms. The highest BCUT2D eigenvalue weighted by molar-refractivity contribution is 5.97. The molecule has 2 atom stereocenters. The number of hydrogen-bond acceptors (Lipinski definition) is 3. The second-order valence-corrected chi connectivity index (χ2v) is 7.63. The zero-order chi connectivity index (χ0) is 16.7. The smallest absolute Gasteiger partial charge is 0.254 e. The maximum atomic E-state index is 13.1. The van der Waals surface area contributed by atoms with Crippen LogP contribution in [-0.2, 0) is 6.42 Å². The van der Waals surface area contributed by atoms with Crippen LogP contribution in [0.3, 0.4) is 0 Å². The highest BCUT2D eigenvalue weighted by atomic mass is 16.2. The van der Waals surface area contributed by atoms with Gasteiger partial charge in [0.05, 0.1) is 0 Å². The molecular formula is C20H28N2O2. The van der Waals surface area contributed by atoms with E-state index in [1.54, 1.807) is 0 Å². The Balaban J connectivity index is 0.000000704. The SMILES string of the molecule is CO.O=C1c2cccc3c2[C@H](CCC3)CN1[C@@H]1CN2CCC1CC2. The quantitative estimate of drug-likeness (QED) is 0.860. The molecule has 6 rings (SSSR count). The zero-order valence-corrected chi connectivity index (χ0v) is 14.6. The molecule has 1 aromatic carbocycles. The van der Waals surface area contributed by atoms with E-state index in [0.717, 1.165) is 38.1 Å². The molecular weight excluding hydrogens is 300 g/mol. The average molecular weight is 328 g/mol. The Bertz CT molecular complexity index is 622. The van der Waals surface area contributed by atoms with Crippen molar-refractivity contribution in [2.75, 3.05) is 33.3 Å². The van der Waals surface area contributed by atoms with Crippen LogP contribution in [0.25, 0.3) is 0 Å². The molecule has 0 saturated carbocycles. The first-order valence-electron chi connectivity index (χ1n) is 9.41. The third kappa shape index (κ3) is 2.47. The number of carbonyl (C=O) groups excluding carboxylic acids is 1. The Morgan fingerprint density at radius 3 is 2.58 bits per heavy atom. The Morgan fingerprint density at radius 1 is 1.08 bits per heavy atom. The number of amides is 1. The van der Waals surface area contributed by atoms with Gasteiger partial charge in [-0.3, -0.25) is 4.79 Å². The maximum absolute atomic E-state index is 13.1. The van der Waals surface area contributed by atoms with E-state index in [-0.39, 0.29) is 0 Å². The van der Waals surface area contributed by atoms with Crippen molar-refractivity contribution in [1.82, 2.24) is 9.80 Å². The fourth-order valence-electron chi connectivity index (χ4n) is 5.41.